The maximum Gasteiger partial charge on any atom is 0.261 e. The summed E-state index contributed by atoms with van der Waals surface area (Å²) in [7, 11) is 0. The summed E-state index contributed by atoms with van der Waals surface area (Å²) in [6, 6.07) is 6.58. The molecule has 124 valence electrons. The summed E-state index contributed by atoms with van der Waals surface area (Å²) in [5, 5.41) is 13.8. The largest absolute Gasteiger partial charge is 0.342 e. The number of halogens is 2. The molecule has 0 spiro atoms. The van der Waals surface area contributed by atoms with Gasteiger partial charge in [-0.2, -0.15) is 5.26 Å². The molecule has 0 aliphatic rings. The zero-order chi connectivity index (χ0) is 17.7. The van der Waals surface area contributed by atoms with Crippen LogP contribution in [-0.4, -0.2) is 18.4 Å². The molecule has 24 heavy (non-hydrogen) atoms. The van der Waals surface area contributed by atoms with Crippen molar-refractivity contribution in [2.45, 2.75) is 13.0 Å². The minimum atomic E-state index is -1.28. The molecule has 0 saturated heterocycles. The number of carbonyl (C=O) groups is 2. The van der Waals surface area contributed by atoms with E-state index in [4.69, 9.17) is 5.26 Å². The van der Waals surface area contributed by atoms with Crippen molar-refractivity contribution in [1.82, 2.24) is 10.6 Å². The van der Waals surface area contributed by atoms with Crippen LogP contribution < -0.4 is 10.6 Å². The van der Waals surface area contributed by atoms with Gasteiger partial charge in [0.1, 0.15) is 17.7 Å². The summed E-state index contributed by atoms with van der Waals surface area (Å²) in [6.07, 6.45) is 0. The molecule has 1 heterocycles. The predicted molar refractivity (Wildman–Crippen MR) is 84.2 cm³/mol. The Bertz CT molecular complexity index is 814. The second kappa shape index (κ2) is 7.66. The zero-order valence-corrected chi connectivity index (χ0v) is 13.4. The molecule has 0 saturated carbocycles. The third kappa shape index (κ3) is 4.36. The number of nitriles is 1. The van der Waals surface area contributed by atoms with Gasteiger partial charge in [0.15, 0.2) is 0 Å². The summed E-state index contributed by atoms with van der Waals surface area (Å²) in [5.74, 6) is -2.78. The quantitative estimate of drug-likeness (QED) is 0.870. The van der Waals surface area contributed by atoms with Gasteiger partial charge in [0, 0.05) is 16.5 Å². The van der Waals surface area contributed by atoms with E-state index in [0.29, 0.717) is 10.9 Å². The number of hydrogen-bond donors (Lipinski definition) is 2. The van der Waals surface area contributed by atoms with Crippen molar-refractivity contribution in [3.8, 4) is 6.07 Å². The van der Waals surface area contributed by atoms with Crippen LogP contribution >= 0.6 is 11.3 Å². The average Bonchev–Trinajstić information content (AvgIpc) is 2.97. The Kier molecular flexibility index (Phi) is 5.60. The Labute approximate surface area is 140 Å². The summed E-state index contributed by atoms with van der Waals surface area (Å²) < 4.78 is 26.6. The highest BCUT2D eigenvalue weighted by Crippen LogP contribution is 2.17. The summed E-state index contributed by atoms with van der Waals surface area (Å²) in [6.45, 7) is 1.49. The van der Waals surface area contributed by atoms with Gasteiger partial charge in [0.25, 0.3) is 5.91 Å². The number of hydrogen-bond acceptors (Lipinski definition) is 4. The highest BCUT2D eigenvalue weighted by Gasteiger charge is 2.19. The van der Waals surface area contributed by atoms with E-state index >= 15 is 0 Å². The summed E-state index contributed by atoms with van der Waals surface area (Å²) in [4.78, 5) is 25.1. The number of amides is 2. The van der Waals surface area contributed by atoms with Crippen molar-refractivity contribution in [2.24, 2.45) is 0 Å². The molecule has 0 radical (unpaired) electrons. The number of nitrogens with zero attached hydrogens (tertiary/aromatic N) is 1. The Morgan fingerprint density at radius 3 is 2.62 bits per heavy atom. The lowest BCUT2D eigenvalue weighted by atomic mass is 10.1. The van der Waals surface area contributed by atoms with Crippen LogP contribution in [0.2, 0.25) is 0 Å². The lowest BCUT2D eigenvalue weighted by molar-refractivity contribution is -0.120. The maximum absolute atomic E-state index is 13.7. The first-order chi connectivity index (χ1) is 11.4. The van der Waals surface area contributed by atoms with Crippen LogP contribution in [0.1, 0.15) is 26.2 Å². The van der Waals surface area contributed by atoms with Crippen molar-refractivity contribution >= 4 is 23.2 Å². The van der Waals surface area contributed by atoms with E-state index in [1.165, 1.54) is 11.3 Å². The zero-order valence-electron chi connectivity index (χ0n) is 12.6. The number of benzene rings is 1. The molecule has 0 aliphatic carbocycles. The summed E-state index contributed by atoms with van der Waals surface area (Å²) in [5.41, 5.74) is -0.146. The average molecular weight is 349 g/mol. The van der Waals surface area contributed by atoms with E-state index in [1.54, 1.807) is 18.2 Å². The van der Waals surface area contributed by atoms with Gasteiger partial charge in [-0.25, -0.2) is 8.78 Å². The van der Waals surface area contributed by atoms with Crippen LogP contribution in [0.4, 0.5) is 8.78 Å². The minimum Gasteiger partial charge on any atom is -0.342 e. The normalized spacial score (nSPS) is 11.4. The molecule has 2 N–H and O–H groups in total. The fourth-order valence-corrected chi connectivity index (χ4v) is 2.72. The van der Waals surface area contributed by atoms with Crippen LogP contribution in [0.15, 0.2) is 30.3 Å². The van der Waals surface area contributed by atoms with E-state index in [0.717, 1.165) is 17.0 Å². The molecule has 0 fully saturated rings. The second-order valence-electron chi connectivity index (χ2n) is 4.89. The number of thiophene rings is 1. The molecule has 5 nitrogen and oxygen atoms in total. The molecule has 1 atom stereocenters. The molecule has 2 amide bonds. The van der Waals surface area contributed by atoms with Crippen molar-refractivity contribution < 1.29 is 18.4 Å². The molecule has 1 aromatic heterocycles. The number of rotatable bonds is 5. The van der Waals surface area contributed by atoms with Gasteiger partial charge in [-0.1, -0.05) is 6.07 Å². The van der Waals surface area contributed by atoms with E-state index in [-0.39, 0.29) is 12.1 Å². The lowest BCUT2D eigenvalue weighted by Crippen LogP contribution is -2.38. The molecule has 1 aromatic carbocycles. The van der Waals surface area contributed by atoms with Crippen molar-refractivity contribution in [3.05, 3.63) is 57.3 Å². The van der Waals surface area contributed by atoms with Crippen LogP contribution in [-0.2, 0) is 4.79 Å². The van der Waals surface area contributed by atoms with Gasteiger partial charge in [-0.05, 0) is 25.1 Å². The van der Waals surface area contributed by atoms with Gasteiger partial charge in [0.05, 0.1) is 17.5 Å². The van der Waals surface area contributed by atoms with E-state index < -0.39 is 29.5 Å². The first-order valence-corrected chi connectivity index (χ1v) is 7.71. The fourth-order valence-electron chi connectivity index (χ4n) is 1.93. The first-order valence-electron chi connectivity index (χ1n) is 6.89. The van der Waals surface area contributed by atoms with Gasteiger partial charge in [-0.15, -0.1) is 11.3 Å². The summed E-state index contributed by atoms with van der Waals surface area (Å²) >= 11 is 1.28. The number of nitrogens with one attached hydrogen (secondary N) is 2. The smallest absolute Gasteiger partial charge is 0.261 e. The molecular weight excluding hydrogens is 336 g/mol. The standard InChI is InChI=1S/C16H13F2N3O2S/c1-9-2-5-14(24-9)16(23)20-8-15(22)21-13(7-19)11-4-3-10(17)6-12(11)18/h2-6,13H,8H2,1H3,(H,20,23)(H,21,22). The SMILES string of the molecule is Cc1ccc(C(=O)NCC(=O)NC(C#N)c2ccc(F)cc2F)s1. The van der Waals surface area contributed by atoms with E-state index in [9.17, 15) is 18.4 Å². The Balaban J connectivity index is 1.95. The maximum atomic E-state index is 13.7. The number of aryl methyl sites for hydroxylation is 1. The minimum absolute atomic E-state index is 0.146. The van der Waals surface area contributed by atoms with E-state index in [1.807, 2.05) is 6.92 Å². The highest BCUT2D eigenvalue weighted by molar-refractivity contribution is 7.13. The molecular formula is C16H13F2N3O2S. The highest BCUT2D eigenvalue weighted by atomic mass is 32.1. The molecule has 0 aliphatic heterocycles. The Morgan fingerprint density at radius 2 is 2.04 bits per heavy atom. The first kappa shape index (κ1) is 17.6. The predicted octanol–water partition coefficient (Wildman–Crippen LogP) is 2.45. The van der Waals surface area contributed by atoms with Gasteiger partial charge < -0.3 is 10.6 Å². The second-order valence-corrected chi connectivity index (χ2v) is 6.18. The lowest BCUT2D eigenvalue weighted by Gasteiger charge is -2.13. The van der Waals surface area contributed by atoms with Crippen LogP contribution in [0, 0.1) is 29.9 Å². The van der Waals surface area contributed by atoms with E-state index in [2.05, 4.69) is 10.6 Å². The van der Waals surface area contributed by atoms with Crippen molar-refractivity contribution in [2.75, 3.05) is 6.54 Å². The molecule has 8 heteroatoms. The third-order valence-electron chi connectivity index (χ3n) is 3.08. The van der Waals surface area contributed by atoms with Gasteiger partial charge in [0.2, 0.25) is 5.91 Å². The Morgan fingerprint density at radius 1 is 1.29 bits per heavy atom. The van der Waals surface area contributed by atoms with Gasteiger partial charge in [-0.3, -0.25) is 9.59 Å². The topological polar surface area (TPSA) is 82.0 Å². The molecule has 1 unspecified atom stereocenters. The van der Waals surface area contributed by atoms with Crippen LogP contribution in [0.25, 0.3) is 0 Å². The Hall–Kier alpha value is -2.79. The fraction of sp³-hybridized carbons (Fsp3) is 0.188. The van der Waals surface area contributed by atoms with Gasteiger partial charge >= 0.3 is 0 Å². The van der Waals surface area contributed by atoms with Crippen LogP contribution in [0.5, 0.6) is 0 Å². The molecule has 2 aromatic rings. The van der Waals surface area contributed by atoms with Crippen molar-refractivity contribution in [3.63, 3.8) is 0 Å². The number of carbonyl (C=O) groups excluding carboxylic acids is 2. The third-order valence-corrected chi connectivity index (χ3v) is 4.08. The molecule has 2 rings (SSSR count). The van der Waals surface area contributed by atoms with Crippen LogP contribution in [0.3, 0.4) is 0 Å². The monoisotopic (exact) mass is 349 g/mol. The van der Waals surface area contributed by atoms with Crippen molar-refractivity contribution in [1.29, 1.82) is 5.26 Å². The molecule has 0 bridgehead atoms.